The third-order valence-electron chi connectivity index (χ3n) is 8.10. The van der Waals surface area contributed by atoms with Crippen LogP contribution in [-0.4, -0.2) is 22.2 Å². The minimum atomic E-state index is -0.665. The average molecular weight is 603 g/mol. The summed E-state index contributed by atoms with van der Waals surface area (Å²) in [5.74, 6) is 0.400. The Morgan fingerprint density at radius 3 is 2.36 bits per heavy atom. The van der Waals surface area contributed by atoms with Gasteiger partial charge in [0, 0.05) is 22.8 Å². The van der Waals surface area contributed by atoms with E-state index in [-0.39, 0.29) is 11.5 Å². The van der Waals surface area contributed by atoms with Crippen LogP contribution in [-0.2, 0) is 4.79 Å². The third-order valence-corrected chi connectivity index (χ3v) is 9.08. The first-order valence-corrected chi connectivity index (χ1v) is 15.3. The molecule has 0 unspecified atom stereocenters. The van der Waals surface area contributed by atoms with Gasteiger partial charge < -0.3 is 14.6 Å². The van der Waals surface area contributed by atoms with Gasteiger partial charge in [-0.15, -0.1) is 0 Å². The molecule has 0 spiro atoms. The van der Waals surface area contributed by atoms with Crippen LogP contribution in [0.5, 0.6) is 5.75 Å². The highest BCUT2D eigenvalue weighted by Gasteiger charge is 2.32. The number of carbonyl (C=O) groups excluding carboxylic acids is 1. The van der Waals surface area contributed by atoms with E-state index in [4.69, 9.17) is 9.73 Å². The van der Waals surface area contributed by atoms with Gasteiger partial charge in [0.25, 0.3) is 11.5 Å². The van der Waals surface area contributed by atoms with Crippen molar-refractivity contribution in [1.82, 2.24) is 9.13 Å². The van der Waals surface area contributed by atoms with E-state index in [9.17, 15) is 9.59 Å². The normalized spacial score (nSPS) is 14.8. The summed E-state index contributed by atoms with van der Waals surface area (Å²) in [5, 5.41) is 3.08. The summed E-state index contributed by atoms with van der Waals surface area (Å²) < 4.78 is 9.78. The Kier molecular flexibility index (Phi) is 7.69. The van der Waals surface area contributed by atoms with Gasteiger partial charge in [0.05, 0.1) is 29.0 Å². The van der Waals surface area contributed by atoms with Crippen LogP contribution >= 0.6 is 11.3 Å². The largest absolute Gasteiger partial charge is 0.497 e. The van der Waals surface area contributed by atoms with Crippen LogP contribution in [0.15, 0.2) is 99.9 Å². The molecule has 0 bridgehead atoms. The first kappa shape index (κ1) is 29.1. The smallest absolute Gasteiger partial charge is 0.271 e. The lowest BCUT2D eigenvalue weighted by molar-refractivity contribution is -0.113. The summed E-state index contributed by atoms with van der Waals surface area (Å²) in [6.45, 7) is 9.94. The quantitative estimate of drug-likeness (QED) is 0.263. The van der Waals surface area contributed by atoms with Crippen LogP contribution in [0, 0.1) is 27.7 Å². The lowest BCUT2D eigenvalue weighted by Gasteiger charge is -2.25. The number of anilines is 1. The van der Waals surface area contributed by atoms with E-state index in [1.807, 2.05) is 87.5 Å². The molecule has 0 fully saturated rings. The summed E-state index contributed by atoms with van der Waals surface area (Å²) in [6.07, 6.45) is 1.94. The van der Waals surface area contributed by atoms with Gasteiger partial charge in [-0.2, -0.15) is 0 Å². The fourth-order valence-electron chi connectivity index (χ4n) is 5.91. The molecule has 1 atom stereocenters. The second-order valence-electron chi connectivity index (χ2n) is 11.1. The second-order valence-corrected chi connectivity index (χ2v) is 12.1. The van der Waals surface area contributed by atoms with Crippen LogP contribution in [0.1, 0.15) is 46.6 Å². The van der Waals surface area contributed by atoms with Gasteiger partial charge >= 0.3 is 0 Å². The highest BCUT2D eigenvalue weighted by Crippen LogP contribution is 2.32. The zero-order valence-corrected chi connectivity index (χ0v) is 26.5. The molecule has 222 valence electrons. The molecule has 0 saturated carbocycles. The van der Waals surface area contributed by atoms with Crippen molar-refractivity contribution in [3.8, 4) is 11.4 Å². The summed E-state index contributed by atoms with van der Waals surface area (Å²) in [4.78, 5) is 33.6. The Labute approximate surface area is 260 Å². The van der Waals surface area contributed by atoms with Gasteiger partial charge in [-0.25, -0.2) is 4.99 Å². The number of amides is 1. The molecule has 1 N–H and O–H groups in total. The predicted octanol–water partition coefficient (Wildman–Crippen LogP) is 5.91. The van der Waals surface area contributed by atoms with Crippen molar-refractivity contribution in [2.24, 2.45) is 4.99 Å². The number of aromatic nitrogens is 2. The van der Waals surface area contributed by atoms with Gasteiger partial charge in [-0.3, -0.25) is 14.2 Å². The highest BCUT2D eigenvalue weighted by atomic mass is 32.1. The predicted molar refractivity (Wildman–Crippen MR) is 177 cm³/mol. The molecule has 0 radical (unpaired) electrons. The topological polar surface area (TPSA) is 77.6 Å². The molecule has 1 aliphatic heterocycles. The van der Waals surface area contributed by atoms with Crippen LogP contribution < -0.4 is 24.9 Å². The van der Waals surface area contributed by atoms with E-state index in [1.165, 1.54) is 11.3 Å². The first-order valence-electron chi connectivity index (χ1n) is 14.5. The van der Waals surface area contributed by atoms with Crippen LogP contribution in [0.3, 0.4) is 0 Å². The van der Waals surface area contributed by atoms with E-state index in [0.29, 0.717) is 26.4 Å². The summed E-state index contributed by atoms with van der Waals surface area (Å²) in [6, 6.07) is 25.0. The number of ether oxygens (including phenoxy) is 1. The number of carbonyl (C=O) groups is 1. The monoisotopic (exact) mass is 602 g/mol. The number of benzene rings is 3. The standard InChI is InChI=1S/C36H34N4O3S/c1-21-12-17-30(22(2)18-21)38-34(41)32-24(4)37-36-40(33(32)26-13-15-29(43-6)16-14-26)35(42)31(44-36)20-27-19-23(3)39(25(27)5)28-10-8-7-9-11-28/h7-20,33H,1-6H3,(H,38,41)/b31-20-/t33-/m1/s1. The van der Waals surface area contributed by atoms with Crippen molar-refractivity contribution >= 4 is 29.0 Å². The number of allylic oxidation sites excluding steroid dienone is 1. The Hall–Kier alpha value is -4.95. The molecule has 1 aliphatic rings. The number of aryl methyl sites for hydroxylation is 3. The van der Waals surface area contributed by atoms with Gasteiger partial charge in [-0.05, 0) is 93.8 Å². The maximum atomic E-state index is 14.2. The number of nitrogens with one attached hydrogen (secondary N) is 1. The Morgan fingerprint density at radius 1 is 0.955 bits per heavy atom. The maximum absolute atomic E-state index is 14.2. The fraction of sp³-hybridized carbons (Fsp3) is 0.194. The maximum Gasteiger partial charge on any atom is 0.271 e. The Bertz CT molecular complexity index is 2120. The molecule has 1 amide bonds. The van der Waals surface area contributed by atoms with Crippen LogP contribution in [0.2, 0.25) is 0 Å². The SMILES string of the molecule is COc1ccc([C@@H]2C(C(=O)Nc3ccc(C)cc3C)=C(C)N=c3s/c(=C\c4cc(C)n(-c5ccccc5)c4C)c(=O)n32)cc1. The Morgan fingerprint density at radius 2 is 1.68 bits per heavy atom. The van der Waals surface area contributed by atoms with Crippen molar-refractivity contribution < 1.29 is 9.53 Å². The summed E-state index contributed by atoms with van der Waals surface area (Å²) in [5.41, 5.74) is 8.54. The molecule has 8 heteroatoms. The zero-order valence-electron chi connectivity index (χ0n) is 25.6. The molecular formula is C36H34N4O3S. The second kappa shape index (κ2) is 11.6. The number of hydrogen-bond acceptors (Lipinski definition) is 5. The van der Waals surface area contributed by atoms with E-state index in [1.54, 1.807) is 11.7 Å². The molecule has 2 aromatic heterocycles. The number of fused-ring (bicyclic) bond motifs is 1. The summed E-state index contributed by atoms with van der Waals surface area (Å²) >= 11 is 1.34. The van der Waals surface area contributed by atoms with Gasteiger partial charge in [0.15, 0.2) is 4.80 Å². The molecule has 7 nitrogen and oxygen atoms in total. The van der Waals surface area contributed by atoms with E-state index in [0.717, 1.165) is 45.0 Å². The van der Waals surface area contributed by atoms with Crippen molar-refractivity contribution in [2.75, 3.05) is 12.4 Å². The first-order chi connectivity index (χ1) is 21.2. The highest BCUT2D eigenvalue weighted by molar-refractivity contribution is 7.07. The number of methoxy groups -OCH3 is 1. The van der Waals surface area contributed by atoms with E-state index < -0.39 is 6.04 Å². The molecule has 0 aliphatic carbocycles. The number of thiazole rings is 1. The van der Waals surface area contributed by atoms with Crippen molar-refractivity contribution in [2.45, 2.75) is 40.7 Å². The van der Waals surface area contributed by atoms with Gasteiger partial charge in [0.2, 0.25) is 0 Å². The average Bonchev–Trinajstić information content (AvgIpc) is 3.47. The number of hydrogen-bond donors (Lipinski definition) is 1. The van der Waals surface area contributed by atoms with Crippen molar-refractivity contribution in [3.05, 3.63) is 143 Å². The lowest BCUT2D eigenvalue weighted by Crippen LogP contribution is -2.40. The zero-order chi connectivity index (χ0) is 31.1. The van der Waals surface area contributed by atoms with Crippen LogP contribution in [0.25, 0.3) is 11.8 Å². The minimum Gasteiger partial charge on any atom is -0.497 e. The Balaban J connectivity index is 1.49. The molecule has 6 rings (SSSR count). The summed E-state index contributed by atoms with van der Waals surface area (Å²) in [7, 11) is 1.61. The minimum absolute atomic E-state index is 0.191. The molecule has 0 saturated heterocycles. The third kappa shape index (κ3) is 5.22. The number of para-hydroxylation sites is 1. The van der Waals surface area contributed by atoms with E-state index >= 15 is 0 Å². The molecule has 44 heavy (non-hydrogen) atoms. The van der Waals surface area contributed by atoms with Crippen molar-refractivity contribution in [3.63, 3.8) is 0 Å². The molecule has 3 aromatic carbocycles. The van der Waals surface area contributed by atoms with Crippen molar-refractivity contribution in [1.29, 1.82) is 0 Å². The molecule has 3 heterocycles. The lowest BCUT2D eigenvalue weighted by atomic mass is 9.95. The number of nitrogens with zero attached hydrogens (tertiary/aromatic N) is 3. The molecule has 5 aromatic rings. The van der Waals surface area contributed by atoms with E-state index in [2.05, 4.69) is 41.9 Å². The van der Waals surface area contributed by atoms with Gasteiger partial charge in [0.1, 0.15) is 5.75 Å². The number of rotatable bonds is 6. The molecular weight excluding hydrogens is 568 g/mol. The fourth-order valence-corrected chi connectivity index (χ4v) is 6.94. The van der Waals surface area contributed by atoms with Gasteiger partial charge in [-0.1, -0.05) is 59.4 Å². The van der Waals surface area contributed by atoms with Crippen LogP contribution in [0.4, 0.5) is 5.69 Å².